The number of hydrogen-bond acceptors (Lipinski definition) is 3. The van der Waals surface area contributed by atoms with Gasteiger partial charge in [0.2, 0.25) is 0 Å². The summed E-state index contributed by atoms with van der Waals surface area (Å²) in [5.41, 5.74) is 0.392. The van der Waals surface area contributed by atoms with E-state index in [4.69, 9.17) is 0 Å². The number of thiophene rings is 1. The Labute approximate surface area is 123 Å². The summed E-state index contributed by atoms with van der Waals surface area (Å²) < 4.78 is 1.24. The van der Waals surface area contributed by atoms with Crippen LogP contribution >= 0.6 is 27.3 Å². The first-order valence-electron chi connectivity index (χ1n) is 6.66. The first-order valence-corrected chi connectivity index (χ1v) is 8.27. The SMILES string of the molecule is Cc1sc(CNCC2(N(C)C)CCCC2)cc1Br. The van der Waals surface area contributed by atoms with Gasteiger partial charge in [-0.1, -0.05) is 12.8 Å². The molecule has 1 N–H and O–H groups in total. The second-order valence-corrected chi connectivity index (χ2v) is 7.74. The molecule has 2 nitrogen and oxygen atoms in total. The predicted molar refractivity (Wildman–Crippen MR) is 83.3 cm³/mol. The molecular formula is C14H23BrN2S. The molecule has 0 amide bonds. The van der Waals surface area contributed by atoms with Gasteiger partial charge in [0.25, 0.3) is 0 Å². The third-order valence-electron chi connectivity index (χ3n) is 4.14. The molecule has 0 unspecified atom stereocenters. The molecule has 0 bridgehead atoms. The zero-order valence-corrected chi connectivity index (χ0v) is 14.0. The van der Waals surface area contributed by atoms with Gasteiger partial charge in [0.05, 0.1) is 0 Å². The Bertz CT molecular complexity index is 375. The molecular weight excluding hydrogens is 308 g/mol. The van der Waals surface area contributed by atoms with E-state index >= 15 is 0 Å². The second-order valence-electron chi connectivity index (χ2n) is 5.55. The van der Waals surface area contributed by atoms with Gasteiger partial charge in [-0.2, -0.15) is 0 Å². The Morgan fingerprint density at radius 2 is 2.06 bits per heavy atom. The highest BCUT2D eigenvalue weighted by atomic mass is 79.9. The lowest BCUT2D eigenvalue weighted by Crippen LogP contribution is -2.49. The zero-order chi connectivity index (χ0) is 13.2. The second kappa shape index (κ2) is 6.04. The minimum atomic E-state index is 0.392. The molecule has 102 valence electrons. The van der Waals surface area contributed by atoms with Crippen molar-refractivity contribution in [3.63, 3.8) is 0 Å². The topological polar surface area (TPSA) is 15.3 Å². The summed E-state index contributed by atoms with van der Waals surface area (Å²) in [6.07, 6.45) is 5.42. The largest absolute Gasteiger partial charge is 0.310 e. The van der Waals surface area contributed by atoms with Gasteiger partial charge >= 0.3 is 0 Å². The third-order valence-corrected chi connectivity index (χ3v) is 6.28. The molecule has 1 aromatic rings. The first-order chi connectivity index (χ1) is 8.53. The summed E-state index contributed by atoms with van der Waals surface area (Å²) in [5.74, 6) is 0. The van der Waals surface area contributed by atoms with Crippen molar-refractivity contribution in [3.8, 4) is 0 Å². The molecule has 1 aliphatic rings. The van der Waals surface area contributed by atoms with Crippen LogP contribution in [0.2, 0.25) is 0 Å². The Morgan fingerprint density at radius 1 is 1.39 bits per heavy atom. The van der Waals surface area contributed by atoms with Gasteiger partial charge in [-0.3, -0.25) is 0 Å². The van der Waals surface area contributed by atoms with Crippen LogP contribution in [0.3, 0.4) is 0 Å². The molecule has 4 heteroatoms. The van der Waals surface area contributed by atoms with Gasteiger partial charge in [-0.15, -0.1) is 11.3 Å². The monoisotopic (exact) mass is 330 g/mol. The highest BCUT2D eigenvalue weighted by Gasteiger charge is 2.35. The van der Waals surface area contributed by atoms with Crippen molar-refractivity contribution in [2.45, 2.75) is 44.7 Å². The molecule has 0 atom stereocenters. The summed E-state index contributed by atoms with van der Waals surface area (Å²) in [7, 11) is 4.44. The maximum Gasteiger partial charge on any atom is 0.0328 e. The predicted octanol–water partition coefficient (Wildman–Crippen LogP) is 3.78. The van der Waals surface area contributed by atoms with Crippen molar-refractivity contribution in [1.29, 1.82) is 0 Å². The molecule has 0 aliphatic heterocycles. The molecule has 1 aliphatic carbocycles. The van der Waals surface area contributed by atoms with E-state index in [0.29, 0.717) is 5.54 Å². The minimum absolute atomic E-state index is 0.392. The van der Waals surface area contributed by atoms with Crippen molar-refractivity contribution in [1.82, 2.24) is 10.2 Å². The lowest BCUT2D eigenvalue weighted by Gasteiger charge is -2.36. The normalized spacial score (nSPS) is 18.7. The summed E-state index contributed by atoms with van der Waals surface area (Å²) in [6.45, 7) is 4.26. The van der Waals surface area contributed by atoms with Crippen LogP contribution in [0.4, 0.5) is 0 Å². The molecule has 2 rings (SSSR count). The number of rotatable bonds is 5. The quantitative estimate of drug-likeness (QED) is 0.883. The number of nitrogens with zero attached hydrogens (tertiary/aromatic N) is 1. The van der Waals surface area contributed by atoms with E-state index in [9.17, 15) is 0 Å². The van der Waals surface area contributed by atoms with Gasteiger partial charge in [0.15, 0.2) is 0 Å². The van der Waals surface area contributed by atoms with Crippen LogP contribution in [0.1, 0.15) is 35.4 Å². The number of halogens is 1. The third kappa shape index (κ3) is 3.16. The average molecular weight is 331 g/mol. The lowest BCUT2D eigenvalue weighted by atomic mass is 9.96. The van der Waals surface area contributed by atoms with E-state index in [1.54, 1.807) is 0 Å². The number of nitrogens with one attached hydrogen (secondary N) is 1. The van der Waals surface area contributed by atoms with Crippen molar-refractivity contribution in [2.75, 3.05) is 20.6 Å². The Kier molecular flexibility index (Phi) is 4.86. The van der Waals surface area contributed by atoms with Gasteiger partial charge in [0, 0.05) is 32.9 Å². The molecule has 0 radical (unpaired) electrons. The molecule has 1 heterocycles. The number of likely N-dealkylation sites (N-methyl/N-ethyl adjacent to an activating group) is 1. The van der Waals surface area contributed by atoms with Gasteiger partial charge < -0.3 is 10.2 Å². The van der Waals surface area contributed by atoms with Crippen molar-refractivity contribution < 1.29 is 0 Å². The van der Waals surface area contributed by atoms with Crippen LogP contribution in [-0.2, 0) is 6.54 Å². The molecule has 18 heavy (non-hydrogen) atoms. The Hall–Kier alpha value is 0.100. The maximum atomic E-state index is 3.65. The minimum Gasteiger partial charge on any atom is -0.310 e. The summed E-state index contributed by atoms with van der Waals surface area (Å²) in [5, 5.41) is 3.65. The molecule has 0 spiro atoms. The first kappa shape index (κ1) is 14.5. The smallest absolute Gasteiger partial charge is 0.0328 e. The van der Waals surface area contributed by atoms with E-state index in [2.05, 4.69) is 53.2 Å². The summed E-state index contributed by atoms with van der Waals surface area (Å²) in [6, 6.07) is 2.24. The lowest BCUT2D eigenvalue weighted by molar-refractivity contribution is 0.154. The number of hydrogen-bond donors (Lipinski definition) is 1. The standard InChI is InChI=1S/C14H23BrN2S/c1-11-13(15)8-12(18-11)9-16-10-14(17(2)3)6-4-5-7-14/h8,16H,4-7,9-10H2,1-3H3. The summed E-state index contributed by atoms with van der Waals surface area (Å²) in [4.78, 5) is 5.21. The fourth-order valence-electron chi connectivity index (χ4n) is 2.84. The van der Waals surface area contributed by atoms with E-state index in [-0.39, 0.29) is 0 Å². The van der Waals surface area contributed by atoms with Crippen LogP contribution in [0.25, 0.3) is 0 Å². The molecule has 1 fully saturated rings. The van der Waals surface area contributed by atoms with Gasteiger partial charge in [0.1, 0.15) is 0 Å². The molecule has 1 aromatic heterocycles. The Balaban J connectivity index is 1.87. The van der Waals surface area contributed by atoms with Crippen LogP contribution in [-0.4, -0.2) is 31.1 Å². The van der Waals surface area contributed by atoms with E-state index in [1.165, 1.54) is 39.9 Å². The number of aryl methyl sites for hydroxylation is 1. The van der Waals surface area contributed by atoms with Crippen molar-refractivity contribution in [2.24, 2.45) is 0 Å². The highest BCUT2D eigenvalue weighted by molar-refractivity contribution is 9.10. The van der Waals surface area contributed by atoms with E-state index in [1.807, 2.05) is 11.3 Å². The summed E-state index contributed by atoms with van der Waals surface area (Å²) >= 11 is 5.46. The highest BCUT2D eigenvalue weighted by Crippen LogP contribution is 2.33. The fourth-order valence-corrected chi connectivity index (χ4v) is 4.41. The zero-order valence-electron chi connectivity index (χ0n) is 11.6. The van der Waals surface area contributed by atoms with Gasteiger partial charge in [-0.05, 0) is 55.9 Å². The molecule has 0 saturated heterocycles. The molecule has 1 saturated carbocycles. The molecule has 0 aromatic carbocycles. The van der Waals surface area contributed by atoms with Crippen LogP contribution in [0, 0.1) is 6.92 Å². The maximum absolute atomic E-state index is 3.65. The fraction of sp³-hybridized carbons (Fsp3) is 0.714. The van der Waals surface area contributed by atoms with Crippen LogP contribution in [0.5, 0.6) is 0 Å². The average Bonchev–Trinajstić information content (AvgIpc) is 2.89. The van der Waals surface area contributed by atoms with Crippen LogP contribution < -0.4 is 5.32 Å². The Morgan fingerprint density at radius 3 is 2.56 bits per heavy atom. The van der Waals surface area contributed by atoms with Crippen molar-refractivity contribution >= 4 is 27.3 Å². The van der Waals surface area contributed by atoms with Gasteiger partial charge in [-0.25, -0.2) is 0 Å². The van der Waals surface area contributed by atoms with E-state index in [0.717, 1.165) is 13.1 Å². The van der Waals surface area contributed by atoms with E-state index < -0.39 is 0 Å². The van der Waals surface area contributed by atoms with Crippen LogP contribution in [0.15, 0.2) is 10.5 Å². The van der Waals surface area contributed by atoms with Crippen molar-refractivity contribution in [3.05, 3.63) is 20.3 Å².